The lowest BCUT2D eigenvalue weighted by Crippen LogP contribution is -2.35. The van der Waals surface area contributed by atoms with Gasteiger partial charge in [0, 0.05) is 37.3 Å². The Kier molecular flexibility index (Phi) is 7.07. The van der Waals surface area contributed by atoms with Gasteiger partial charge in [-0.25, -0.2) is 8.42 Å². The van der Waals surface area contributed by atoms with Gasteiger partial charge in [0.1, 0.15) is 0 Å². The highest BCUT2D eigenvalue weighted by Crippen LogP contribution is 2.33. The Morgan fingerprint density at radius 1 is 1.03 bits per heavy atom. The Bertz CT molecular complexity index is 1140. The normalized spacial score (nSPS) is 17.5. The van der Waals surface area contributed by atoms with Gasteiger partial charge in [-0.3, -0.25) is 9.59 Å². The number of anilines is 1. The van der Waals surface area contributed by atoms with Gasteiger partial charge in [0.15, 0.2) is 0 Å². The van der Waals surface area contributed by atoms with E-state index in [2.05, 4.69) is 5.32 Å². The first-order valence-corrected chi connectivity index (χ1v) is 13.0. The average Bonchev–Trinajstić information content (AvgIpc) is 3.23. The summed E-state index contributed by atoms with van der Waals surface area (Å²) in [6, 6.07) is 11.6. The molecule has 1 fully saturated rings. The summed E-state index contributed by atoms with van der Waals surface area (Å²) in [4.78, 5) is 26.9. The lowest BCUT2D eigenvalue weighted by Gasteiger charge is -2.26. The van der Waals surface area contributed by atoms with E-state index in [-0.39, 0.29) is 23.1 Å². The van der Waals surface area contributed by atoms with Gasteiger partial charge in [-0.05, 0) is 60.7 Å². The van der Waals surface area contributed by atoms with E-state index in [0.29, 0.717) is 31.1 Å². The molecule has 33 heavy (non-hydrogen) atoms. The second-order valence-corrected chi connectivity index (χ2v) is 10.9. The third-order valence-electron chi connectivity index (χ3n) is 6.23. The number of halogens is 1. The molecule has 0 saturated carbocycles. The minimum Gasteiger partial charge on any atom is -0.349 e. The third kappa shape index (κ3) is 5.23. The summed E-state index contributed by atoms with van der Waals surface area (Å²) in [5.41, 5.74) is 2.38. The molecule has 0 bridgehead atoms. The maximum Gasteiger partial charge on any atom is 0.243 e. The van der Waals surface area contributed by atoms with Crippen LogP contribution in [0.4, 0.5) is 5.69 Å². The fourth-order valence-corrected chi connectivity index (χ4v) is 6.22. The molecule has 4 rings (SSSR count). The maximum absolute atomic E-state index is 13.2. The molecule has 0 aromatic heterocycles. The van der Waals surface area contributed by atoms with E-state index in [4.69, 9.17) is 11.6 Å². The predicted octanol–water partition coefficient (Wildman–Crippen LogP) is 3.67. The number of carbonyl (C=O) groups excluding carboxylic acids is 2. The van der Waals surface area contributed by atoms with Crippen molar-refractivity contribution in [2.75, 3.05) is 24.5 Å². The summed E-state index contributed by atoms with van der Waals surface area (Å²) >= 11 is 5.97. The van der Waals surface area contributed by atoms with Crippen LogP contribution in [-0.4, -0.2) is 44.2 Å². The Labute approximate surface area is 199 Å². The summed E-state index contributed by atoms with van der Waals surface area (Å²) in [7, 11) is -3.52. The highest BCUT2D eigenvalue weighted by atomic mass is 35.5. The molecule has 2 amide bonds. The molecule has 2 heterocycles. The van der Waals surface area contributed by atoms with Crippen LogP contribution in [0.3, 0.4) is 0 Å². The standard InChI is InChI=1S/C24H28ClN3O4S/c1-17(29)26-22(18-5-7-20(25)8-6-18)16-24(30)28-14-11-19-15-21(9-10-23(19)28)33(31,32)27-12-3-2-4-13-27/h5-10,15,22H,2-4,11-14,16H2,1H3,(H,26,29). The lowest BCUT2D eigenvalue weighted by atomic mass is 10.0. The smallest absolute Gasteiger partial charge is 0.243 e. The first kappa shape index (κ1) is 23.7. The zero-order valence-electron chi connectivity index (χ0n) is 18.6. The number of fused-ring (bicyclic) bond motifs is 1. The lowest BCUT2D eigenvalue weighted by molar-refractivity contribution is -0.121. The number of hydrogen-bond donors (Lipinski definition) is 1. The van der Waals surface area contributed by atoms with Crippen molar-refractivity contribution in [3.8, 4) is 0 Å². The summed E-state index contributed by atoms with van der Waals surface area (Å²) in [5, 5.41) is 3.42. The first-order valence-electron chi connectivity index (χ1n) is 11.2. The number of carbonyl (C=O) groups is 2. The fraction of sp³-hybridized carbons (Fsp3) is 0.417. The summed E-state index contributed by atoms with van der Waals surface area (Å²) in [6.07, 6.45) is 3.51. The molecule has 1 unspecified atom stereocenters. The molecule has 0 spiro atoms. The number of rotatable bonds is 6. The fourth-order valence-electron chi connectivity index (χ4n) is 4.53. The maximum atomic E-state index is 13.2. The number of amides is 2. The second-order valence-electron chi connectivity index (χ2n) is 8.56. The minimum atomic E-state index is -3.52. The highest BCUT2D eigenvalue weighted by Gasteiger charge is 2.31. The van der Waals surface area contributed by atoms with E-state index < -0.39 is 16.1 Å². The molecular weight excluding hydrogens is 462 g/mol. The molecule has 2 aromatic rings. The molecule has 1 saturated heterocycles. The van der Waals surface area contributed by atoms with Gasteiger partial charge in [-0.2, -0.15) is 4.31 Å². The highest BCUT2D eigenvalue weighted by molar-refractivity contribution is 7.89. The molecular formula is C24H28ClN3O4S. The molecule has 0 aliphatic carbocycles. The van der Waals surface area contributed by atoms with Crippen LogP contribution in [0.25, 0.3) is 0 Å². The molecule has 9 heteroatoms. The van der Waals surface area contributed by atoms with E-state index in [1.807, 2.05) is 0 Å². The van der Waals surface area contributed by atoms with Gasteiger partial charge >= 0.3 is 0 Å². The number of hydrogen-bond acceptors (Lipinski definition) is 4. The second kappa shape index (κ2) is 9.83. The number of piperidine rings is 1. The van der Waals surface area contributed by atoms with Crippen molar-refractivity contribution in [2.24, 2.45) is 0 Å². The molecule has 2 aliphatic rings. The van der Waals surface area contributed by atoms with Crippen molar-refractivity contribution in [2.45, 2.75) is 50.0 Å². The Morgan fingerprint density at radius 2 is 1.73 bits per heavy atom. The van der Waals surface area contributed by atoms with Crippen LogP contribution in [0.5, 0.6) is 0 Å². The van der Waals surface area contributed by atoms with Crippen LogP contribution in [-0.2, 0) is 26.0 Å². The van der Waals surface area contributed by atoms with Gasteiger partial charge in [-0.1, -0.05) is 30.2 Å². The Balaban J connectivity index is 1.52. The number of nitrogens with one attached hydrogen (secondary N) is 1. The number of nitrogens with zero attached hydrogens (tertiary/aromatic N) is 2. The van der Waals surface area contributed by atoms with Gasteiger partial charge in [0.05, 0.1) is 17.4 Å². The van der Waals surface area contributed by atoms with E-state index in [9.17, 15) is 18.0 Å². The van der Waals surface area contributed by atoms with Crippen LogP contribution in [0.15, 0.2) is 47.4 Å². The predicted molar refractivity (Wildman–Crippen MR) is 128 cm³/mol. The largest absolute Gasteiger partial charge is 0.349 e. The van der Waals surface area contributed by atoms with Crippen molar-refractivity contribution in [3.05, 3.63) is 58.6 Å². The van der Waals surface area contributed by atoms with Gasteiger partial charge in [0.2, 0.25) is 21.8 Å². The Morgan fingerprint density at radius 3 is 2.39 bits per heavy atom. The third-order valence-corrected chi connectivity index (χ3v) is 8.38. The van der Waals surface area contributed by atoms with E-state index in [1.54, 1.807) is 51.7 Å². The van der Waals surface area contributed by atoms with Gasteiger partial charge < -0.3 is 10.2 Å². The molecule has 2 aromatic carbocycles. The zero-order chi connectivity index (χ0) is 23.6. The molecule has 1 N–H and O–H groups in total. The van der Waals surface area contributed by atoms with Crippen molar-refractivity contribution in [1.29, 1.82) is 0 Å². The minimum absolute atomic E-state index is 0.0917. The Hall–Kier alpha value is -2.42. The van der Waals surface area contributed by atoms with E-state index in [0.717, 1.165) is 36.1 Å². The van der Waals surface area contributed by atoms with Crippen LogP contribution in [0, 0.1) is 0 Å². The number of benzene rings is 2. The summed E-state index contributed by atoms with van der Waals surface area (Å²) < 4.78 is 27.6. The van der Waals surface area contributed by atoms with Crippen molar-refractivity contribution in [3.63, 3.8) is 0 Å². The molecule has 2 aliphatic heterocycles. The number of sulfonamides is 1. The summed E-state index contributed by atoms with van der Waals surface area (Å²) in [6.45, 7) is 3.01. The van der Waals surface area contributed by atoms with Gasteiger partial charge in [0.25, 0.3) is 0 Å². The molecule has 1 atom stereocenters. The van der Waals surface area contributed by atoms with Crippen LogP contribution < -0.4 is 10.2 Å². The molecule has 7 nitrogen and oxygen atoms in total. The quantitative estimate of drug-likeness (QED) is 0.670. The van der Waals surface area contributed by atoms with Crippen molar-refractivity contribution < 1.29 is 18.0 Å². The molecule has 0 radical (unpaired) electrons. The zero-order valence-corrected chi connectivity index (χ0v) is 20.2. The van der Waals surface area contributed by atoms with Crippen LogP contribution in [0.1, 0.15) is 49.8 Å². The van der Waals surface area contributed by atoms with Crippen molar-refractivity contribution in [1.82, 2.24) is 9.62 Å². The SMILES string of the molecule is CC(=O)NC(CC(=O)N1CCc2cc(S(=O)(=O)N3CCCCC3)ccc21)c1ccc(Cl)cc1. The van der Waals surface area contributed by atoms with Gasteiger partial charge in [-0.15, -0.1) is 0 Å². The van der Waals surface area contributed by atoms with Crippen LogP contribution >= 0.6 is 11.6 Å². The molecule has 176 valence electrons. The first-order chi connectivity index (χ1) is 15.8. The van der Waals surface area contributed by atoms with E-state index >= 15 is 0 Å². The van der Waals surface area contributed by atoms with E-state index in [1.165, 1.54) is 6.92 Å². The monoisotopic (exact) mass is 489 g/mol. The van der Waals surface area contributed by atoms with Crippen LogP contribution in [0.2, 0.25) is 5.02 Å². The topological polar surface area (TPSA) is 86.8 Å². The van der Waals surface area contributed by atoms with Crippen molar-refractivity contribution >= 4 is 39.1 Å². The summed E-state index contributed by atoms with van der Waals surface area (Å²) in [5.74, 6) is -0.355. The average molecular weight is 490 g/mol.